The minimum absolute atomic E-state index is 0.0662. The van der Waals surface area contributed by atoms with E-state index in [4.69, 9.17) is 27.9 Å². The molecule has 0 spiro atoms. The Bertz CT molecular complexity index is 1030. The lowest BCUT2D eigenvalue weighted by Crippen LogP contribution is -2.62. The third-order valence-electron chi connectivity index (χ3n) is 8.20. The molecule has 2 N–H and O–H groups in total. The molecule has 1 aromatic carbocycles. The molecule has 3 heterocycles. The molecule has 2 amide bonds. The molecule has 3 fully saturated rings. The standard InChI is InChI=1S/C26H35Cl2N3O5/c1-25(2)13-18(8-11-36-25)23(33)31-9-6-16(7-10-31)22(32)26(30(3)24(34)35)15-29-14-19(26)17-4-5-20(27)21(28)12-17/h4-5,12,16,18-19,29H,6-11,13-15H2,1-3H3,(H,34,35)/t18?,19-,26+/m0/s1. The number of ketones is 1. The smallest absolute Gasteiger partial charge is 0.407 e. The second-order valence-corrected chi connectivity index (χ2v) is 11.7. The summed E-state index contributed by atoms with van der Waals surface area (Å²) in [4.78, 5) is 42.5. The number of hydrogen-bond acceptors (Lipinski definition) is 5. The van der Waals surface area contributed by atoms with Crippen molar-refractivity contribution in [3.63, 3.8) is 0 Å². The molecule has 3 saturated heterocycles. The van der Waals surface area contributed by atoms with Crippen LogP contribution >= 0.6 is 23.2 Å². The van der Waals surface area contributed by atoms with Crippen LogP contribution in [-0.4, -0.2) is 83.7 Å². The zero-order valence-corrected chi connectivity index (χ0v) is 22.6. The van der Waals surface area contributed by atoms with Gasteiger partial charge in [-0.3, -0.25) is 14.5 Å². The van der Waals surface area contributed by atoms with E-state index in [0.717, 1.165) is 10.5 Å². The fourth-order valence-electron chi connectivity index (χ4n) is 6.19. The van der Waals surface area contributed by atoms with Crippen LogP contribution < -0.4 is 5.32 Å². The lowest BCUT2D eigenvalue weighted by molar-refractivity contribution is -0.148. The monoisotopic (exact) mass is 539 g/mol. The molecular formula is C26H35Cl2N3O5. The van der Waals surface area contributed by atoms with Crippen molar-refractivity contribution in [2.24, 2.45) is 11.8 Å². The van der Waals surface area contributed by atoms with Gasteiger partial charge in [0.15, 0.2) is 5.78 Å². The Kier molecular flexibility index (Phi) is 7.91. The summed E-state index contributed by atoms with van der Waals surface area (Å²) in [5.41, 5.74) is -0.814. The van der Waals surface area contributed by atoms with Crippen LogP contribution in [0.4, 0.5) is 4.79 Å². The van der Waals surface area contributed by atoms with Gasteiger partial charge in [-0.25, -0.2) is 4.79 Å². The molecule has 0 aliphatic carbocycles. The van der Waals surface area contributed by atoms with E-state index in [1.165, 1.54) is 7.05 Å². The highest BCUT2D eigenvalue weighted by molar-refractivity contribution is 6.42. The van der Waals surface area contributed by atoms with Gasteiger partial charge in [0.25, 0.3) is 0 Å². The number of benzene rings is 1. The first-order chi connectivity index (χ1) is 17.0. The minimum atomic E-state index is -1.27. The summed E-state index contributed by atoms with van der Waals surface area (Å²) in [5, 5.41) is 14.0. The molecule has 1 unspecified atom stereocenters. The van der Waals surface area contributed by atoms with Crippen molar-refractivity contribution in [2.45, 2.75) is 56.6 Å². The highest BCUT2D eigenvalue weighted by atomic mass is 35.5. The molecule has 0 aromatic heterocycles. The molecule has 3 aliphatic heterocycles. The minimum Gasteiger partial charge on any atom is -0.465 e. The average Bonchev–Trinajstić information content (AvgIpc) is 3.29. The van der Waals surface area contributed by atoms with Crippen LogP contribution in [0.3, 0.4) is 0 Å². The number of nitrogens with one attached hydrogen (secondary N) is 1. The molecule has 0 radical (unpaired) electrons. The Labute approximate surface area is 222 Å². The summed E-state index contributed by atoms with van der Waals surface area (Å²) in [5.74, 6) is -0.792. The topological polar surface area (TPSA) is 99.2 Å². The Morgan fingerprint density at radius 3 is 2.42 bits per heavy atom. The molecule has 0 saturated carbocycles. The quantitative estimate of drug-likeness (QED) is 0.585. The Morgan fingerprint density at radius 2 is 1.81 bits per heavy atom. The molecule has 3 aliphatic rings. The van der Waals surface area contributed by atoms with Gasteiger partial charge in [0.1, 0.15) is 5.54 Å². The van der Waals surface area contributed by atoms with Crippen LogP contribution in [0.2, 0.25) is 10.0 Å². The van der Waals surface area contributed by atoms with E-state index in [9.17, 15) is 19.5 Å². The van der Waals surface area contributed by atoms with Crippen LogP contribution in [0.1, 0.15) is 51.0 Å². The van der Waals surface area contributed by atoms with Crippen molar-refractivity contribution in [3.8, 4) is 0 Å². The van der Waals surface area contributed by atoms with Crippen LogP contribution in [0.25, 0.3) is 0 Å². The second kappa shape index (κ2) is 10.5. The molecule has 8 nitrogen and oxygen atoms in total. The molecule has 198 valence electrons. The van der Waals surface area contributed by atoms with Gasteiger partial charge in [0.05, 0.1) is 15.6 Å². The number of likely N-dealkylation sites (tertiary alicyclic amines) is 1. The van der Waals surface area contributed by atoms with E-state index in [1.807, 2.05) is 18.7 Å². The van der Waals surface area contributed by atoms with Crippen molar-refractivity contribution < 1.29 is 24.2 Å². The Balaban J connectivity index is 1.53. The average molecular weight is 540 g/mol. The maximum absolute atomic E-state index is 14.1. The van der Waals surface area contributed by atoms with Crippen LogP contribution in [0.15, 0.2) is 18.2 Å². The second-order valence-electron chi connectivity index (χ2n) is 10.9. The third kappa shape index (κ3) is 5.10. The Morgan fingerprint density at radius 1 is 1.11 bits per heavy atom. The van der Waals surface area contributed by atoms with Crippen molar-refractivity contribution in [1.29, 1.82) is 0 Å². The number of halogens is 2. The fourth-order valence-corrected chi connectivity index (χ4v) is 6.49. The van der Waals surface area contributed by atoms with Gasteiger partial charge < -0.3 is 20.1 Å². The van der Waals surface area contributed by atoms with Crippen molar-refractivity contribution in [1.82, 2.24) is 15.1 Å². The van der Waals surface area contributed by atoms with E-state index in [2.05, 4.69) is 5.32 Å². The number of piperidine rings is 1. The number of rotatable bonds is 5. The Hall–Kier alpha value is -1.87. The van der Waals surface area contributed by atoms with Crippen molar-refractivity contribution in [3.05, 3.63) is 33.8 Å². The van der Waals surface area contributed by atoms with E-state index in [0.29, 0.717) is 62.0 Å². The first-order valence-electron chi connectivity index (χ1n) is 12.6. The highest BCUT2D eigenvalue weighted by Crippen LogP contribution is 2.42. The van der Waals surface area contributed by atoms with Crippen molar-refractivity contribution in [2.75, 3.05) is 39.8 Å². The summed E-state index contributed by atoms with van der Waals surface area (Å²) >= 11 is 12.4. The predicted octanol–water partition coefficient (Wildman–Crippen LogP) is 4.04. The van der Waals surface area contributed by atoms with Gasteiger partial charge in [0, 0.05) is 57.6 Å². The van der Waals surface area contributed by atoms with Gasteiger partial charge in [-0.15, -0.1) is 0 Å². The summed E-state index contributed by atoms with van der Waals surface area (Å²) < 4.78 is 5.76. The first-order valence-corrected chi connectivity index (χ1v) is 13.3. The van der Waals surface area contributed by atoms with E-state index >= 15 is 0 Å². The molecule has 1 aromatic rings. The van der Waals surface area contributed by atoms with Crippen LogP contribution in [0.5, 0.6) is 0 Å². The highest BCUT2D eigenvalue weighted by Gasteiger charge is 2.56. The molecule has 4 rings (SSSR count). The zero-order valence-electron chi connectivity index (χ0n) is 21.1. The molecule has 3 atom stereocenters. The van der Waals surface area contributed by atoms with E-state index in [-0.39, 0.29) is 35.7 Å². The number of carboxylic acid groups (broad SMARTS) is 1. The lowest BCUT2D eigenvalue weighted by Gasteiger charge is -2.44. The van der Waals surface area contributed by atoms with Crippen LogP contribution in [-0.2, 0) is 14.3 Å². The maximum Gasteiger partial charge on any atom is 0.407 e. The van der Waals surface area contributed by atoms with E-state index in [1.54, 1.807) is 18.2 Å². The number of likely N-dealkylation sites (N-methyl/N-ethyl adjacent to an activating group) is 1. The normalized spacial score (nSPS) is 28.6. The van der Waals surface area contributed by atoms with E-state index < -0.39 is 17.6 Å². The third-order valence-corrected chi connectivity index (χ3v) is 8.94. The summed E-state index contributed by atoms with van der Waals surface area (Å²) in [6.07, 6.45) is 1.27. The van der Waals surface area contributed by atoms with Crippen LogP contribution in [0, 0.1) is 11.8 Å². The van der Waals surface area contributed by atoms with Gasteiger partial charge in [-0.2, -0.15) is 0 Å². The molecule has 36 heavy (non-hydrogen) atoms. The summed E-state index contributed by atoms with van der Waals surface area (Å²) in [6.45, 7) is 6.24. The summed E-state index contributed by atoms with van der Waals surface area (Å²) in [7, 11) is 1.46. The summed E-state index contributed by atoms with van der Waals surface area (Å²) in [6, 6.07) is 5.20. The lowest BCUT2D eigenvalue weighted by atomic mass is 9.72. The first kappa shape index (κ1) is 27.2. The zero-order chi connectivity index (χ0) is 26.3. The van der Waals surface area contributed by atoms with Gasteiger partial charge in [-0.05, 0) is 57.2 Å². The van der Waals surface area contributed by atoms with Gasteiger partial charge in [0.2, 0.25) is 5.91 Å². The van der Waals surface area contributed by atoms with Crippen molar-refractivity contribution >= 4 is 41.0 Å². The fraction of sp³-hybridized carbons (Fsp3) is 0.654. The molecule has 10 heteroatoms. The predicted molar refractivity (Wildman–Crippen MR) is 138 cm³/mol. The van der Waals surface area contributed by atoms with Gasteiger partial charge in [-0.1, -0.05) is 29.3 Å². The number of carbonyl (C=O) groups is 3. The number of hydrogen-bond donors (Lipinski definition) is 2. The largest absolute Gasteiger partial charge is 0.465 e. The van der Waals surface area contributed by atoms with Gasteiger partial charge >= 0.3 is 6.09 Å². The molecule has 0 bridgehead atoms. The number of carbonyl (C=O) groups excluding carboxylic acids is 2. The number of nitrogens with zero attached hydrogens (tertiary/aromatic N) is 2. The SMILES string of the molecule is CN(C(=O)O)[C@]1(C(=O)C2CCN(C(=O)C3CCOC(C)(C)C3)CC2)CNC[C@H]1c1ccc(Cl)c(Cl)c1. The number of Topliss-reactive ketones (excluding diaryl/α,β-unsaturated/α-hetero) is 1. The number of ether oxygens (including phenoxy) is 1. The molecular weight excluding hydrogens is 505 g/mol. The number of amides is 2. The maximum atomic E-state index is 14.1.